The largest absolute Gasteiger partial charge is 0.369 e. The highest BCUT2D eigenvalue weighted by Gasteiger charge is 2.27. The summed E-state index contributed by atoms with van der Waals surface area (Å²) < 4.78 is 0. The van der Waals surface area contributed by atoms with Crippen LogP contribution in [0.1, 0.15) is 32.6 Å². The van der Waals surface area contributed by atoms with E-state index in [0.29, 0.717) is 0 Å². The molecule has 0 radical (unpaired) electrons. The molecule has 136 valence electrons. The molecule has 1 saturated heterocycles. The predicted octanol–water partition coefficient (Wildman–Crippen LogP) is 1.97. The molecule has 1 atom stereocenters. The standard InChI is InChI=1S/C19H28N4O2/c1-15(18(24)21-19(25)20-16-7-5-6-8-16)22-11-13-23(14-12-22)17-9-3-2-4-10-17/h2-4,9-10,15-16H,5-8,11-14H2,1H3,(H2,20,21,24,25). The van der Waals surface area contributed by atoms with Gasteiger partial charge in [0.05, 0.1) is 6.04 Å². The Balaban J connectivity index is 1.44. The fraction of sp³-hybridized carbons (Fsp3) is 0.579. The molecule has 1 heterocycles. The number of piperazine rings is 1. The molecule has 3 amide bonds. The maximum atomic E-state index is 12.4. The van der Waals surface area contributed by atoms with Gasteiger partial charge in [0.25, 0.3) is 0 Å². The van der Waals surface area contributed by atoms with Crippen molar-refractivity contribution >= 4 is 17.6 Å². The van der Waals surface area contributed by atoms with Gasteiger partial charge < -0.3 is 10.2 Å². The molecule has 1 unspecified atom stereocenters. The van der Waals surface area contributed by atoms with Crippen molar-refractivity contribution in [3.8, 4) is 0 Å². The van der Waals surface area contributed by atoms with Crippen LogP contribution in [0.15, 0.2) is 30.3 Å². The lowest BCUT2D eigenvalue weighted by Crippen LogP contribution is -2.56. The Bertz CT molecular complexity index is 578. The van der Waals surface area contributed by atoms with Crippen molar-refractivity contribution in [2.45, 2.75) is 44.7 Å². The first-order valence-electron chi connectivity index (χ1n) is 9.29. The van der Waals surface area contributed by atoms with Crippen molar-refractivity contribution in [1.29, 1.82) is 0 Å². The molecule has 0 spiro atoms. The summed E-state index contributed by atoms with van der Waals surface area (Å²) >= 11 is 0. The van der Waals surface area contributed by atoms with Gasteiger partial charge in [0.1, 0.15) is 0 Å². The average molecular weight is 344 g/mol. The Hall–Kier alpha value is -2.08. The van der Waals surface area contributed by atoms with E-state index in [1.807, 2.05) is 25.1 Å². The lowest BCUT2D eigenvalue weighted by molar-refractivity contribution is -0.124. The third kappa shape index (κ3) is 4.72. The molecule has 1 aromatic carbocycles. The lowest BCUT2D eigenvalue weighted by Gasteiger charge is -2.38. The second-order valence-corrected chi connectivity index (χ2v) is 6.98. The van der Waals surface area contributed by atoms with E-state index in [-0.39, 0.29) is 24.0 Å². The minimum absolute atomic E-state index is 0.219. The number of benzene rings is 1. The Kier molecular flexibility index (Phi) is 5.91. The van der Waals surface area contributed by atoms with E-state index >= 15 is 0 Å². The number of amides is 3. The smallest absolute Gasteiger partial charge is 0.321 e. The molecule has 0 aromatic heterocycles. The summed E-state index contributed by atoms with van der Waals surface area (Å²) in [4.78, 5) is 28.8. The van der Waals surface area contributed by atoms with Gasteiger partial charge in [-0.2, -0.15) is 0 Å². The number of urea groups is 1. The molecule has 2 aliphatic rings. The minimum atomic E-state index is -0.355. The molecule has 6 nitrogen and oxygen atoms in total. The van der Waals surface area contributed by atoms with Crippen molar-refractivity contribution in [3.63, 3.8) is 0 Å². The third-order valence-electron chi connectivity index (χ3n) is 5.29. The summed E-state index contributed by atoms with van der Waals surface area (Å²) in [7, 11) is 0. The third-order valence-corrected chi connectivity index (χ3v) is 5.29. The first kappa shape index (κ1) is 17.7. The Morgan fingerprint density at radius 2 is 1.68 bits per heavy atom. The lowest BCUT2D eigenvalue weighted by atomic mass is 10.2. The van der Waals surface area contributed by atoms with E-state index in [1.165, 1.54) is 5.69 Å². The SMILES string of the molecule is CC(C(=O)NC(=O)NC1CCCC1)N1CCN(c2ccccc2)CC1. The molecule has 0 bridgehead atoms. The van der Waals surface area contributed by atoms with Crippen LogP contribution in [0.3, 0.4) is 0 Å². The summed E-state index contributed by atoms with van der Waals surface area (Å²) in [6.45, 7) is 5.27. The van der Waals surface area contributed by atoms with Gasteiger partial charge in [0, 0.05) is 37.9 Å². The molecule has 3 rings (SSSR count). The van der Waals surface area contributed by atoms with Gasteiger partial charge in [-0.15, -0.1) is 0 Å². The number of hydrogen-bond acceptors (Lipinski definition) is 4. The molecule has 2 N–H and O–H groups in total. The van der Waals surface area contributed by atoms with Gasteiger partial charge in [0.15, 0.2) is 0 Å². The maximum Gasteiger partial charge on any atom is 0.321 e. The Labute approximate surface area is 149 Å². The summed E-state index contributed by atoms with van der Waals surface area (Å²) in [5.41, 5.74) is 1.22. The zero-order chi connectivity index (χ0) is 17.6. The van der Waals surface area contributed by atoms with Gasteiger partial charge in [-0.1, -0.05) is 31.0 Å². The monoisotopic (exact) mass is 344 g/mol. The van der Waals surface area contributed by atoms with Crippen LogP contribution in [0.4, 0.5) is 10.5 Å². The van der Waals surface area contributed by atoms with E-state index < -0.39 is 0 Å². The zero-order valence-electron chi connectivity index (χ0n) is 14.9. The minimum Gasteiger partial charge on any atom is -0.369 e. The number of nitrogens with zero attached hydrogens (tertiary/aromatic N) is 2. The number of nitrogens with one attached hydrogen (secondary N) is 2. The summed E-state index contributed by atoms with van der Waals surface area (Å²) in [5.74, 6) is -0.219. The van der Waals surface area contributed by atoms with Crippen LogP contribution in [-0.4, -0.2) is 55.1 Å². The highest BCUT2D eigenvalue weighted by atomic mass is 16.2. The predicted molar refractivity (Wildman–Crippen MR) is 98.6 cm³/mol. The fourth-order valence-electron chi connectivity index (χ4n) is 3.68. The molecule has 1 aromatic rings. The molecule has 6 heteroatoms. The van der Waals surface area contributed by atoms with E-state index in [9.17, 15) is 9.59 Å². The maximum absolute atomic E-state index is 12.4. The van der Waals surface area contributed by atoms with E-state index in [1.54, 1.807) is 0 Å². The molecular formula is C19H28N4O2. The van der Waals surface area contributed by atoms with E-state index in [2.05, 4.69) is 32.6 Å². The molecule has 1 aliphatic carbocycles. The first-order chi connectivity index (χ1) is 12.1. The summed E-state index contributed by atoms with van der Waals surface area (Å²) in [5, 5.41) is 5.40. The van der Waals surface area contributed by atoms with Crippen LogP contribution < -0.4 is 15.5 Å². The normalized spacial score (nSPS) is 20.3. The average Bonchev–Trinajstić information content (AvgIpc) is 3.14. The van der Waals surface area contributed by atoms with Crippen molar-refractivity contribution in [2.24, 2.45) is 0 Å². The van der Waals surface area contributed by atoms with Crippen molar-refractivity contribution in [3.05, 3.63) is 30.3 Å². The quantitative estimate of drug-likeness (QED) is 0.876. The first-order valence-corrected chi connectivity index (χ1v) is 9.29. The van der Waals surface area contributed by atoms with Crippen LogP contribution in [-0.2, 0) is 4.79 Å². The number of anilines is 1. The van der Waals surface area contributed by atoms with Gasteiger partial charge >= 0.3 is 6.03 Å². The van der Waals surface area contributed by atoms with Crippen LogP contribution in [0.25, 0.3) is 0 Å². The fourth-order valence-corrected chi connectivity index (χ4v) is 3.68. The van der Waals surface area contributed by atoms with Crippen LogP contribution in [0.5, 0.6) is 0 Å². The number of rotatable bonds is 4. The van der Waals surface area contributed by atoms with E-state index in [4.69, 9.17) is 0 Å². The van der Waals surface area contributed by atoms with Crippen LogP contribution in [0, 0.1) is 0 Å². The number of para-hydroxylation sites is 1. The highest BCUT2D eigenvalue weighted by molar-refractivity contribution is 5.96. The zero-order valence-corrected chi connectivity index (χ0v) is 14.9. The van der Waals surface area contributed by atoms with Crippen molar-refractivity contribution in [2.75, 3.05) is 31.1 Å². The highest BCUT2D eigenvalue weighted by Crippen LogP contribution is 2.18. The second kappa shape index (κ2) is 8.34. The van der Waals surface area contributed by atoms with Crippen LogP contribution >= 0.6 is 0 Å². The van der Waals surface area contributed by atoms with Crippen LogP contribution in [0.2, 0.25) is 0 Å². The Morgan fingerprint density at radius 1 is 1.04 bits per heavy atom. The molecule has 2 fully saturated rings. The number of carbonyl (C=O) groups is 2. The summed E-state index contributed by atoms with van der Waals surface area (Å²) in [6, 6.07) is 9.89. The van der Waals surface area contributed by atoms with Crippen molar-refractivity contribution in [1.82, 2.24) is 15.5 Å². The Morgan fingerprint density at radius 3 is 2.32 bits per heavy atom. The molecular weight excluding hydrogens is 316 g/mol. The summed E-state index contributed by atoms with van der Waals surface area (Å²) in [6.07, 6.45) is 4.33. The van der Waals surface area contributed by atoms with Gasteiger partial charge in [-0.3, -0.25) is 15.0 Å². The second-order valence-electron chi connectivity index (χ2n) is 6.98. The molecule has 25 heavy (non-hydrogen) atoms. The van der Waals surface area contributed by atoms with E-state index in [0.717, 1.165) is 51.9 Å². The topological polar surface area (TPSA) is 64.7 Å². The molecule has 1 saturated carbocycles. The molecule has 1 aliphatic heterocycles. The number of carbonyl (C=O) groups excluding carboxylic acids is 2. The van der Waals surface area contributed by atoms with Gasteiger partial charge in [-0.05, 0) is 31.9 Å². The number of hydrogen-bond donors (Lipinski definition) is 2. The van der Waals surface area contributed by atoms with Gasteiger partial charge in [-0.25, -0.2) is 4.79 Å². The number of imide groups is 1. The van der Waals surface area contributed by atoms with Gasteiger partial charge in [0.2, 0.25) is 5.91 Å². The van der Waals surface area contributed by atoms with Crippen molar-refractivity contribution < 1.29 is 9.59 Å².